The van der Waals surface area contributed by atoms with Crippen molar-refractivity contribution in [2.75, 3.05) is 19.9 Å². The van der Waals surface area contributed by atoms with Gasteiger partial charge in [0.2, 0.25) is 12.7 Å². The van der Waals surface area contributed by atoms with E-state index in [1.165, 1.54) is 15.6 Å². The number of rotatable bonds is 5. The van der Waals surface area contributed by atoms with E-state index in [2.05, 4.69) is 5.32 Å². The average molecular weight is 409 g/mol. The monoisotopic (exact) mass is 408 g/mol. The highest BCUT2D eigenvalue weighted by molar-refractivity contribution is 7.91. The van der Waals surface area contributed by atoms with Crippen LogP contribution in [-0.2, 0) is 21.4 Å². The van der Waals surface area contributed by atoms with Gasteiger partial charge in [0.05, 0.1) is 5.92 Å². The molecule has 1 N–H and O–H groups in total. The Morgan fingerprint density at radius 3 is 2.93 bits per heavy atom. The zero-order chi connectivity index (χ0) is 18.9. The van der Waals surface area contributed by atoms with Gasteiger partial charge in [-0.05, 0) is 42.0 Å². The zero-order valence-electron chi connectivity index (χ0n) is 14.6. The van der Waals surface area contributed by atoms with Crippen LogP contribution in [0.4, 0.5) is 0 Å². The third kappa shape index (κ3) is 3.80. The van der Waals surface area contributed by atoms with Crippen LogP contribution < -0.4 is 14.8 Å². The van der Waals surface area contributed by atoms with Gasteiger partial charge in [0, 0.05) is 19.6 Å². The summed E-state index contributed by atoms with van der Waals surface area (Å²) in [4.78, 5) is 12.6. The molecule has 2 aromatic rings. The smallest absolute Gasteiger partial charge is 0.252 e. The Morgan fingerprint density at radius 2 is 2.11 bits per heavy atom. The van der Waals surface area contributed by atoms with E-state index in [4.69, 9.17) is 9.47 Å². The molecule has 27 heavy (non-hydrogen) atoms. The Balaban J connectivity index is 1.37. The summed E-state index contributed by atoms with van der Waals surface area (Å²) in [6, 6.07) is 8.86. The van der Waals surface area contributed by atoms with Crippen LogP contribution in [0.1, 0.15) is 18.4 Å². The number of hydrogen-bond donors (Lipinski definition) is 1. The number of thiophene rings is 1. The Bertz CT molecular complexity index is 927. The molecular formula is C18H20N2O5S2. The number of sulfonamides is 1. The Hall–Kier alpha value is -2.10. The van der Waals surface area contributed by atoms with Crippen LogP contribution in [-0.4, -0.2) is 38.5 Å². The van der Waals surface area contributed by atoms with Crippen LogP contribution in [0.2, 0.25) is 0 Å². The molecule has 0 aliphatic carbocycles. The molecule has 0 unspecified atom stereocenters. The van der Waals surface area contributed by atoms with Crippen molar-refractivity contribution in [2.45, 2.75) is 23.6 Å². The summed E-state index contributed by atoms with van der Waals surface area (Å²) in [5.74, 6) is 0.903. The summed E-state index contributed by atoms with van der Waals surface area (Å²) in [5.41, 5.74) is 0.909. The normalized spacial score (nSPS) is 19.8. The first-order chi connectivity index (χ1) is 13.0. The number of nitrogens with zero attached hydrogens (tertiary/aromatic N) is 1. The molecule has 144 valence electrons. The molecule has 1 saturated heterocycles. The quantitative estimate of drug-likeness (QED) is 0.820. The molecule has 0 saturated carbocycles. The van der Waals surface area contributed by atoms with Crippen LogP contribution >= 0.6 is 11.3 Å². The van der Waals surface area contributed by atoms with Gasteiger partial charge < -0.3 is 14.8 Å². The summed E-state index contributed by atoms with van der Waals surface area (Å²) < 4.78 is 37.7. The number of nitrogens with one attached hydrogen (secondary N) is 1. The summed E-state index contributed by atoms with van der Waals surface area (Å²) in [5, 5.41) is 4.65. The van der Waals surface area contributed by atoms with Gasteiger partial charge in [-0.3, -0.25) is 4.79 Å². The Kier molecular flexibility index (Phi) is 5.07. The lowest BCUT2D eigenvalue weighted by molar-refractivity contribution is -0.126. The standard InChI is InChI=1S/C18H20N2O5S2/c21-18(19-10-13-5-6-15-16(9-13)25-12-24-15)14-3-1-7-20(11-14)27(22,23)17-4-2-8-26-17/h2,4-6,8-9,14H,1,3,7,10-12H2,(H,19,21)/t14-/m1/s1. The second-order valence-corrected chi connectivity index (χ2v) is 9.65. The molecule has 0 bridgehead atoms. The lowest BCUT2D eigenvalue weighted by atomic mass is 9.98. The van der Waals surface area contributed by atoms with E-state index >= 15 is 0 Å². The van der Waals surface area contributed by atoms with Crippen LogP contribution in [0.15, 0.2) is 39.9 Å². The van der Waals surface area contributed by atoms with Gasteiger partial charge in [-0.15, -0.1) is 11.3 Å². The number of piperidine rings is 1. The number of carbonyl (C=O) groups excluding carboxylic acids is 1. The predicted octanol–water partition coefficient (Wildman–Crippen LogP) is 2.19. The van der Waals surface area contributed by atoms with Crippen molar-refractivity contribution in [1.82, 2.24) is 9.62 Å². The van der Waals surface area contributed by atoms with Crippen molar-refractivity contribution in [3.05, 3.63) is 41.3 Å². The number of amides is 1. The lowest BCUT2D eigenvalue weighted by Gasteiger charge is -2.30. The first kappa shape index (κ1) is 18.3. The largest absolute Gasteiger partial charge is 0.454 e. The first-order valence-corrected chi connectivity index (χ1v) is 11.1. The second kappa shape index (κ2) is 7.49. The maximum Gasteiger partial charge on any atom is 0.252 e. The van der Waals surface area contributed by atoms with E-state index < -0.39 is 10.0 Å². The maximum absolute atomic E-state index is 12.7. The molecule has 1 aromatic heterocycles. The van der Waals surface area contributed by atoms with Gasteiger partial charge in [0.1, 0.15) is 4.21 Å². The van der Waals surface area contributed by atoms with Gasteiger partial charge in [0.25, 0.3) is 10.0 Å². The highest BCUT2D eigenvalue weighted by atomic mass is 32.2. The summed E-state index contributed by atoms with van der Waals surface area (Å²) in [7, 11) is -3.52. The molecule has 2 aliphatic rings. The minimum absolute atomic E-state index is 0.126. The van der Waals surface area contributed by atoms with E-state index in [0.29, 0.717) is 41.6 Å². The number of ether oxygens (including phenoxy) is 2. The SMILES string of the molecule is O=C(NCc1ccc2c(c1)OCO2)[C@@H]1CCCN(S(=O)(=O)c2cccs2)C1. The maximum atomic E-state index is 12.7. The topological polar surface area (TPSA) is 84.9 Å². The second-order valence-electron chi connectivity index (χ2n) is 6.54. The molecule has 9 heteroatoms. The number of hydrogen-bond acceptors (Lipinski definition) is 6. The fraction of sp³-hybridized carbons (Fsp3) is 0.389. The summed E-state index contributed by atoms with van der Waals surface area (Å²) in [6.07, 6.45) is 1.36. The van der Waals surface area contributed by atoms with E-state index in [1.807, 2.05) is 18.2 Å². The molecule has 0 spiro atoms. The molecule has 7 nitrogen and oxygen atoms in total. The van der Waals surface area contributed by atoms with Crippen molar-refractivity contribution in [2.24, 2.45) is 5.92 Å². The molecule has 2 aliphatic heterocycles. The summed E-state index contributed by atoms with van der Waals surface area (Å²) >= 11 is 1.20. The van der Waals surface area contributed by atoms with Crippen LogP contribution in [0.3, 0.4) is 0 Å². The van der Waals surface area contributed by atoms with Gasteiger partial charge in [-0.1, -0.05) is 12.1 Å². The third-order valence-corrected chi connectivity index (χ3v) is 7.99. The molecular weight excluding hydrogens is 388 g/mol. The predicted molar refractivity (Wildman–Crippen MR) is 100 cm³/mol. The minimum atomic E-state index is -3.52. The molecule has 4 rings (SSSR count). The van der Waals surface area contributed by atoms with E-state index in [1.54, 1.807) is 17.5 Å². The van der Waals surface area contributed by atoms with Crippen molar-refractivity contribution in [1.29, 1.82) is 0 Å². The molecule has 3 heterocycles. The fourth-order valence-electron chi connectivity index (χ4n) is 3.30. The molecule has 1 aromatic carbocycles. The zero-order valence-corrected chi connectivity index (χ0v) is 16.2. The highest BCUT2D eigenvalue weighted by Gasteiger charge is 2.33. The number of benzene rings is 1. The fourth-order valence-corrected chi connectivity index (χ4v) is 5.97. The first-order valence-electron chi connectivity index (χ1n) is 8.74. The van der Waals surface area contributed by atoms with Crippen molar-refractivity contribution >= 4 is 27.3 Å². The lowest BCUT2D eigenvalue weighted by Crippen LogP contribution is -2.45. The Morgan fingerprint density at radius 1 is 1.26 bits per heavy atom. The van der Waals surface area contributed by atoms with Gasteiger partial charge in [-0.25, -0.2) is 8.42 Å². The minimum Gasteiger partial charge on any atom is -0.454 e. The van der Waals surface area contributed by atoms with Crippen LogP contribution in [0, 0.1) is 5.92 Å². The van der Waals surface area contributed by atoms with Gasteiger partial charge in [0.15, 0.2) is 11.5 Å². The number of fused-ring (bicyclic) bond motifs is 1. The van der Waals surface area contributed by atoms with E-state index in [9.17, 15) is 13.2 Å². The molecule has 1 amide bonds. The average Bonchev–Trinajstić information content (AvgIpc) is 3.37. The summed E-state index contributed by atoms with van der Waals surface area (Å²) in [6.45, 7) is 1.24. The van der Waals surface area contributed by atoms with E-state index in [0.717, 1.165) is 5.56 Å². The van der Waals surface area contributed by atoms with Crippen LogP contribution in [0.5, 0.6) is 11.5 Å². The van der Waals surface area contributed by atoms with Crippen LogP contribution in [0.25, 0.3) is 0 Å². The van der Waals surface area contributed by atoms with Crippen molar-refractivity contribution in [3.8, 4) is 11.5 Å². The molecule has 0 radical (unpaired) electrons. The van der Waals surface area contributed by atoms with E-state index in [-0.39, 0.29) is 25.2 Å². The Labute approximate surface area is 161 Å². The molecule has 1 fully saturated rings. The highest BCUT2D eigenvalue weighted by Crippen LogP contribution is 2.32. The van der Waals surface area contributed by atoms with Gasteiger partial charge in [-0.2, -0.15) is 4.31 Å². The third-order valence-electron chi connectivity index (χ3n) is 4.75. The number of carbonyl (C=O) groups is 1. The van der Waals surface area contributed by atoms with Crippen molar-refractivity contribution < 1.29 is 22.7 Å². The van der Waals surface area contributed by atoms with Crippen molar-refractivity contribution in [3.63, 3.8) is 0 Å². The molecule has 1 atom stereocenters. The van der Waals surface area contributed by atoms with Gasteiger partial charge >= 0.3 is 0 Å².